The van der Waals surface area contributed by atoms with Crippen LogP contribution in [0.2, 0.25) is 0 Å². The van der Waals surface area contributed by atoms with Crippen molar-refractivity contribution in [1.82, 2.24) is 9.80 Å². The maximum Gasteiger partial charge on any atom is 0.490 e. The summed E-state index contributed by atoms with van der Waals surface area (Å²) in [5.74, 6) is -2.60. The molecule has 8 nitrogen and oxygen atoms in total. The number of nitrogens with zero attached hydrogens (tertiary/aromatic N) is 3. The lowest BCUT2D eigenvalue weighted by Gasteiger charge is -2.35. The van der Waals surface area contributed by atoms with Gasteiger partial charge in [0.25, 0.3) is 0 Å². The van der Waals surface area contributed by atoms with E-state index in [1.165, 1.54) is 12.8 Å². The van der Waals surface area contributed by atoms with E-state index in [1.54, 1.807) is 0 Å². The number of unbranched alkanes of at least 4 members (excludes halogenated alkanes) is 1. The molecule has 1 atom stereocenters. The monoisotopic (exact) mass is 513 g/mol. The van der Waals surface area contributed by atoms with E-state index >= 15 is 0 Å². The van der Waals surface area contributed by atoms with Crippen molar-refractivity contribution in [3.05, 3.63) is 29.8 Å². The summed E-state index contributed by atoms with van der Waals surface area (Å²) in [6.45, 7) is 8.28. The zero-order valence-corrected chi connectivity index (χ0v) is 20.3. The lowest BCUT2D eigenvalue weighted by Crippen LogP contribution is -2.48. The van der Waals surface area contributed by atoms with Crippen molar-refractivity contribution in [2.24, 2.45) is 0 Å². The maximum absolute atomic E-state index is 12.5. The number of hydrogen-bond donors (Lipinski definition) is 1. The number of carboxylic acid groups (broad SMARTS) is 1. The van der Waals surface area contributed by atoms with Crippen molar-refractivity contribution < 1.29 is 37.4 Å². The lowest BCUT2D eigenvalue weighted by atomic mass is 10.1. The molecule has 2 saturated heterocycles. The number of ether oxygens (including phenoxy) is 1. The molecule has 1 aromatic carbocycles. The number of aliphatic carboxylic acids is 1. The van der Waals surface area contributed by atoms with Crippen LogP contribution >= 0.6 is 0 Å². The Kier molecular flexibility index (Phi) is 10.3. The highest BCUT2D eigenvalue weighted by Crippen LogP contribution is 2.27. The molecule has 3 aliphatic rings. The van der Waals surface area contributed by atoms with Crippen molar-refractivity contribution in [2.75, 3.05) is 57.3 Å². The SMILES string of the molecule is O=C(O)C(F)(F)F.O=C1CCC(=O)N(CCCCN2CCN(CC3CCCO3)CC2)c2ccccc21. The summed E-state index contributed by atoms with van der Waals surface area (Å²) in [5.41, 5.74) is 1.49. The predicted molar refractivity (Wildman–Crippen MR) is 127 cm³/mol. The molecule has 0 spiro atoms. The number of para-hydroxylation sites is 1. The Balaban J connectivity index is 0.000000454. The van der Waals surface area contributed by atoms with Crippen LogP contribution in [0.15, 0.2) is 24.3 Å². The van der Waals surface area contributed by atoms with Gasteiger partial charge in [0, 0.05) is 64.3 Å². The van der Waals surface area contributed by atoms with E-state index in [0.29, 0.717) is 31.1 Å². The van der Waals surface area contributed by atoms with Crippen LogP contribution in [-0.4, -0.2) is 97.3 Å². The van der Waals surface area contributed by atoms with Gasteiger partial charge in [-0.2, -0.15) is 13.2 Å². The number of anilines is 1. The molecule has 0 aliphatic carbocycles. The first-order chi connectivity index (χ1) is 17.1. The summed E-state index contributed by atoms with van der Waals surface area (Å²) in [4.78, 5) is 40.6. The number of amides is 1. The Bertz CT molecular complexity index is 897. The number of carbonyl (C=O) groups excluding carboxylic acids is 2. The van der Waals surface area contributed by atoms with Crippen molar-refractivity contribution in [3.63, 3.8) is 0 Å². The Hall–Kier alpha value is -2.50. The van der Waals surface area contributed by atoms with Gasteiger partial charge >= 0.3 is 12.1 Å². The van der Waals surface area contributed by atoms with E-state index in [0.717, 1.165) is 64.4 Å². The molecule has 36 heavy (non-hydrogen) atoms. The molecule has 4 rings (SSSR count). The molecule has 2 fully saturated rings. The molecule has 0 bridgehead atoms. The molecule has 200 valence electrons. The summed E-state index contributed by atoms with van der Waals surface area (Å²) in [6, 6.07) is 7.54. The van der Waals surface area contributed by atoms with E-state index in [4.69, 9.17) is 14.6 Å². The van der Waals surface area contributed by atoms with Gasteiger partial charge in [0.2, 0.25) is 5.91 Å². The standard InChI is InChI=1S/C23H33N3O3.C2HF3O2/c27-22-9-10-23(28)26(21-8-2-1-7-20(21)22)12-4-3-11-24-13-15-25(16-14-24)18-19-6-5-17-29-19;3-2(4,5)1(6)7/h1-2,7-8,19H,3-6,9-18H2;(H,6,7). The number of hydrogen-bond acceptors (Lipinski definition) is 6. The predicted octanol–water partition coefficient (Wildman–Crippen LogP) is 3.21. The molecule has 1 N–H and O–H groups in total. The topological polar surface area (TPSA) is 90.4 Å². The van der Waals surface area contributed by atoms with Crippen LogP contribution in [0.3, 0.4) is 0 Å². The summed E-state index contributed by atoms with van der Waals surface area (Å²) in [5, 5.41) is 7.12. The van der Waals surface area contributed by atoms with Crippen LogP contribution < -0.4 is 4.90 Å². The first kappa shape index (κ1) is 28.1. The highest BCUT2D eigenvalue weighted by atomic mass is 19.4. The quantitative estimate of drug-likeness (QED) is 0.560. The second kappa shape index (κ2) is 13.2. The van der Waals surface area contributed by atoms with Crippen LogP contribution in [0.25, 0.3) is 0 Å². The number of alkyl halides is 3. The zero-order valence-electron chi connectivity index (χ0n) is 20.3. The van der Waals surface area contributed by atoms with Crippen molar-refractivity contribution in [1.29, 1.82) is 0 Å². The fourth-order valence-corrected chi connectivity index (χ4v) is 4.69. The summed E-state index contributed by atoms with van der Waals surface area (Å²) in [6.07, 6.45) is 0.466. The molecule has 0 aromatic heterocycles. The Labute approximate surface area is 209 Å². The molecule has 1 aromatic rings. The van der Waals surface area contributed by atoms with E-state index in [9.17, 15) is 22.8 Å². The van der Waals surface area contributed by atoms with E-state index in [-0.39, 0.29) is 11.7 Å². The van der Waals surface area contributed by atoms with E-state index < -0.39 is 12.1 Å². The highest BCUT2D eigenvalue weighted by Gasteiger charge is 2.38. The Morgan fingerprint density at radius 3 is 2.28 bits per heavy atom. The normalized spacial score (nSPS) is 21.5. The minimum atomic E-state index is -5.08. The number of carbonyl (C=O) groups is 3. The number of halogens is 3. The fourth-order valence-electron chi connectivity index (χ4n) is 4.69. The molecule has 3 heterocycles. The minimum absolute atomic E-state index is 0.0750. The molecule has 1 unspecified atom stereocenters. The largest absolute Gasteiger partial charge is 0.490 e. The van der Waals surface area contributed by atoms with E-state index in [2.05, 4.69) is 9.80 Å². The van der Waals surface area contributed by atoms with Crippen LogP contribution in [0.5, 0.6) is 0 Å². The lowest BCUT2D eigenvalue weighted by molar-refractivity contribution is -0.192. The first-order valence-corrected chi connectivity index (χ1v) is 12.4. The van der Waals surface area contributed by atoms with Gasteiger partial charge in [0.05, 0.1) is 11.8 Å². The van der Waals surface area contributed by atoms with Crippen LogP contribution in [0, 0.1) is 0 Å². The van der Waals surface area contributed by atoms with Gasteiger partial charge in [-0.05, 0) is 44.4 Å². The Morgan fingerprint density at radius 2 is 1.64 bits per heavy atom. The van der Waals surface area contributed by atoms with Gasteiger partial charge in [-0.15, -0.1) is 0 Å². The van der Waals surface area contributed by atoms with Crippen LogP contribution in [0.1, 0.15) is 48.9 Å². The average Bonchev–Trinajstić information content (AvgIpc) is 3.32. The number of benzene rings is 1. The van der Waals surface area contributed by atoms with Crippen molar-refractivity contribution in [3.8, 4) is 0 Å². The van der Waals surface area contributed by atoms with Gasteiger partial charge in [-0.3, -0.25) is 14.5 Å². The number of carboxylic acids is 1. The second-order valence-electron chi connectivity index (χ2n) is 9.27. The molecular formula is C25H34F3N3O5. The van der Waals surface area contributed by atoms with Crippen LogP contribution in [0.4, 0.5) is 18.9 Å². The number of fused-ring (bicyclic) bond motifs is 1. The third-order valence-electron chi connectivity index (χ3n) is 6.66. The third kappa shape index (κ3) is 8.28. The molecule has 1 amide bonds. The number of rotatable bonds is 7. The van der Waals surface area contributed by atoms with Crippen molar-refractivity contribution >= 4 is 23.3 Å². The van der Waals surface area contributed by atoms with Crippen LogP contribution in [-0.2, 0) is 14.3 Å². The van der Waals surface area contributed by atoms with Crippen molar-refractivity contribution in [2.45, 2.75) is 50.8 Å². The van der Waals surface area contributed by atoms with Gasteiger partial charge < -0.3 is 19.6 Å². The van der Waals surface area contributed by atoms with E-state index in [1.807, 2.05) is 29.2 Å². The molecule has 0 radical (unpaired) electrons. The fraction of sp³-hybridized carbons (Fsp3) is 0.640. The third-order valence-corrected chi connectivity index (χ3v) is 6.66. The number of piperazine rings is 1. The minimum Gasteiger partial charge on any atom is -0.475 e. The second-order valence-corrected chi connectivity index (χ2v) is 9.27. The van der Waals surface area contributed by atoms with Gasteiger partial charge in [-0.25, -0.2) is 4.79 Å². The van der Waals surface area contributed by atoms with Gasteiger partial charge in [-0.1, -0.05) is 12.1 Å². The van der Waals surface area contributed by atoms with Gasteiger partial charge in [0.15, 0.2) is 5.78 Å². The number of ketones is 1. The summed E-state index contributed by atoms with van der Waals surface area (Å²) in [7, 11) is 0. The molecule has 3 aliphatic heterocycles. The summed E-state index contributed by atoms with van der Waals surface area (Å²) >= 11 is 0. The first-order valence-electron chi connectivity index (χ1n) is 12.4. The maximum atomic E-state index is 12.5. The summed E-state index contributed by atoms with van der Waals surface area (Å²) < 4.78 is 37.5. The number of Topliss-reactive ketones (excluding diaryl/α,β-unsaturated/α-hetero) is 1. The molecule has 0 saturated carbocycles. The van der Waals surface area contributed by atoms with Gasteiger partial charge in [0.1, 0.15) is 0 Å². The molecule has 11 heteroatoms. The molecular weight excluding hydrogens is 479 g/mol. The average molecular weight is 514 g/mol. The zero-order chi connectivity index (χ0) is 26.1. The highest BCUT2D eigenvalue weighted by molar-refractivity contribution is 6.10. The Morgan fingerprint density at radius 1 is 1.00 bits per heavy atom. The smallest absolute Gasteiger partial charge is 0.475 e.